The number of halogens is 1. The van der Waals surface area contributed by atoms with Crippen LogP contribution in [0.4, 0.5) is 0 Å². The topological polar surface area (TPSA) is 58.4 Å². The lowest BCUT2D eigenvalue weighted by Gasteiger charge is -2.15. The number of nitrogens with zero attached hydrogens (tertiary/aromatic N) is 2. The van der Waals surface area contributed by atoms with Crippen molar-refractivity contribution in [2.75, 3.05) is 26.2 Å². The summed E-state index contributed by atoms with van der Waals surface area (Å²) in [4.78, 5) is 14.4. The van der Waals surface area contributed by atoms with Crippen molar-refractivity contribution in [3.63, 3.8) is 0 Å². The van der Waals surface area contributed by atoms with E-state index in [1.807, 2.05) is 17.0 Å². The molecule has 2 aliphatic rings. The molecule has 22 heavy (non-hydrogen) atoms. The van der Waals surface area contributed by atoms with Gasteiger partial charge in [-0.3, -0.25) is 4.79 Å². The summed E-state index contributed by atoms with van der Waals surface area (Å²) in [5.41, 5.74) is 1.48. The Kier molecular flexibility index (Phi) is 3.39. The fourth-order valence-corrected chi connectivity index (χ4v) is 3.53. The van der Waals surface area contributed by atoms with Crippen LogP contribution in [0.25, 0.3) is 11.3 Å². The molecule has 2 saturated heterocycles. The Morgan fingerprint density at radius 1 is 1.27 bits per heavy atom. The van der Waals surface area contributed by atoms with E-state index in [2.05, 4.69) is 10.5 Å². The van der Waals surface area contributed by atoms with Crippen LogP contribution in [0.1, 0.15) is 10.6 Å². The van der Waals surface area contributed by atoms with Gasteiger partial charge in [-0.05, 0) is 24.0 Å². The number of nitrogens with one attached hydrogen (secondary N) is 1. The maximum atomic E-state index is 12.5. The lowest BCUT2D eigenvalue weighted by Crippen LogP contribution is -2.31. The van der Waals surface area contributed by atoms with Crippen molar-refractivity contribution in [2.24, 2.45) is 11.8 Å². The molecule has 1 aromatic carbocycles. The van der Waals surface area contributed by atoms with Gasteiger partial charge in [0.05, 0.1) is 0 Å². The first-order valence-electron chi connectivity index (χ1n) is 7.43. The van der Waals surface area contributed by atoms with E-state index in [0.29, 0.717) is 28.3 Å². The zero-order valence-electron chi connectivity index (χ0n) is 12.0. The zero-order valence-corrected chi connectivity index (χ0v) is 12.7. The minimum Gasteiger partial charge on any atom is -0.350 e. The Morgan fingerprint density at radius 3 is 2.77 bits per heavy atom. The number of benzene rings is 1. The molecule has 6 heteroatoms. The summed E-state index contributed by atoms with van der Waals surface area (Å²) >= 11 is 5.98. The van der Waals surface area contributed by atoms with Gasteiger partial charge in [0, 0.05) is 42.8 Å². The average molecular weight is 318 g/mol. The number of rotatable bonds is 2. The van der Waals surface area contributed by atoms with Crippen LogP contribution in [0.15, 0.2) is 34.9 Å². The first-order valence-corrected chi connectivity index (χ1v) is 7.81. The van der Waals surface area contributed by atoms with Crippen LogP contribution in [-0.2, 0) is 0 Å². The fourth-order valence-electron chi connectivity index (χ4n) is 3.34. The van der Waals surface area contributed by atoms with Crippen molar-refractivity contribution >= 4 is 17.5 Å². The molecule has 0 saturated carbocycles. The van der Waals surface area contributed by atoms with Gasteiger partial charge >= 0.3 is 0 Å². The number of amides is 1. The Hall–Kier alpha value is -1.85. The molecule has 4 rings (SSSR count). The SMILES string of the molecule is O=C(c1cc(-c2cccc(Cl)c2)no1)N1CC2CNCC2C1. The molecule has 0 aliphatic carbocycles. The number of hydrogen-bond acceptors (Lipinski definition) is 4. The molecule has 2 atom stereocenters. The Labute approximate surface area is 133 Å². The Bertz CT molecular complexity index is 703. The van der Waals surface area contributed by atoms with Gasteiger partial charge < -0.3 is 14.7 Å². The third-order valence-electron chi connectivity index (χ3n) is 4.52. The maximum Gasteiger partial charge on any atom is 0.292 e. The van der Waals surface area contributed by atoms with Gasteiger partial charge in [0.15, 0.2) is 0 Å². The van der Waals surface area contributed by atoms with Gasteiger partial charge in [0.2, 0.25) is 5.76 Å². The molecule has 5 nitrogen and oxygen atoms in total. The molecule has 2 aromatic rings. The molecule has 1 N–H and O–H groups in total. The highest BCUT2D eigenvalue weighted by molar-refractivity contribution is 6.30. The van der Waals surface area contributed by atoms with Crippen LogP contribution in [0.5, 0.6) is 0 Å². The Balaban J connectivity index is 1.53. The van der Waals surface area contributed by atoms with Crippen LogP contribution in [0.2, 0.25) is 5.02 Å². The quantitative estimate of drug-likeness (QED) is 0.923. The summed E-state index contributed by atoms with van der Waals surface area (Å²) < 4.78 is 5.26. The molecule has 0 spiro atoms. The average Bonchev–Trinajstić information content (AvgIpc) is 3.22. The van der Waals surface area contributed by atoms with Crippen molar-refractivity contribution in [3.05, 3.63) is 41.1 Å². The molecule has 2 unspecified atom stereocenters. The summed E-state index contributed by atoms with van der Waals surface area (Å²) in [5, 5.41) is 8.00. The number of hydrogen-bond donors (Lipinski definition) is 1. The second-order valence-electron chi connectivity index (χ2n) is 5.98. The second-order valence-corrected chi connectivity index (χ2v) is 6.41. The first-order chi connectivity index (χ1) is 10.7. The summed E-state index contributed by atoms with van der Waals surface area (Å²) in [5.74, 6) is 1.36. The highest BCUT2D eigenvalue weighted by Crippen LogP contribution is 2.28. The maximum absolute atomic E-state index is 12.5. The van der Waals surface area contributed by atoms with Gasteiger partial charge in [0.25, 0.3) is 5.91 Å². The Morgan fingerprint density at radius 2 is 2.05 bits per heavy atom. The molecular formula is C16H16ClN3O2. The highest BCUT2D eigenvalue weighted by Gasteiger charge is 2.39. The monoisotopic (exact) mass is 317 g/mol. The van der Waals surface area contributed by atoms with Crippen molar-refractivity contribution in [3.8, 4) is 11.3 Å². The summed E-state index contributed by atoms with van der Waals surface area (Å²) in [6, 6.07) is 9.04. The highest BCUT2D eigenvalue weighted by atomic mass is 35.5. The summed E-state index contributed by atoms with van der Waals surface area (Å²) in [7, 11) is 0. The van der Waals surface area contributed by atoms with E-state index in [1.165, 1.54) is 0 Å². The smallest absolute Gasteiger partial charge is 0.292 e. The minimum atomic E-state index is -0.0739. The van der Waals surface area contributed by atoms with Gasteiger partial charge in [-0.15, -0.1) is 0 Å². The summed E-state index contributed by atoms with van der Waals surface area (Å²) in [6.45, 7) is 3.59. The molecule has 0 radical (unpaired) electrons. The van der Waals surface area contributed by atoms with E-state index < -0.39 is 0 Å². The van der Waals surface area contributed by atoms with Gasteiger partial charge in [-0.2, -0.15) is 0 Å². The molecule has 2 aliphatic heterocycles. The molecular weight excluding hydrogens is 302 g/mol. The van der Waals surface area contributed by atoms with Gasteiger partial charge in [-0.1, -0.05) is 28.9 Å². The molecule has 2 fully saturated rings. The fraction of sp³-hybridized carbons (Fsp3) is 0.375. The largest absolute Gasteiger partial charge is 0.350 e. The predicted molar refractivity (Wildman–Crippen MR) is 82.7 cm³/mol. The van der Waals surface area contributed by atoms with Crippen LogP contribution in [-0.4, -0.2) is 42.1 Å². The van der Waals surface area contributed by atoms with Crippen molar-refractivity contribution in [2.45, 2.75) is 0 Å². The number of likely N-dealkylation sites (tertiary alicyclic amines) is 1. The second kappa shape index (κ2) is 5.41. The van der Waals surface area contributed by atoms with Crippen LogP contribution < -0.4 is 5.32 Å². The number of aromatic nitrogens is 1. The third kappa shape index (κ3) is 2.40. The van der Waals surface area contributed by atoms with Gasteiger partial charge in [-0.25, -0.2) is 0 Å². The number of fused-ring (bicyclic) bond motifs is 1. The molecule has 3 heterocycles. The molecule has 1 amide bonds. The van der Waals surface area contributed by atoms with Crippen molar-refractivity contribution < 1.29 is 9.32 Å². The normalized spacial score (nSPS) is 23.8. The number of carbonyl (C=O) groups is 1. The van der Waals surface area contributed by atoms with Crippen LogP contribution >= 0.6 is 11.6 Å². The van der Waals surface area contributed by atoms with E-state index in [9.17, 15) is 4.79 Å². The lowest BCUT2D eigenvalue weighted by atomic mass is 10.0. The van der Waals surface area contributed by atoms with Crippen LogP contribution in [0.3, 0.4) is 0 Å². The van der Waals surface area contributed by atoms with E-state index in [-0.39, 0.29) is 5.91 Å². The van der Waals surface area contributed by atoms with E-state index >= 15 is 0 Å². The van der Waals surface area contributed by atoms with E-state index in [1.54, 1.807) is 18.2 Å². The molecule has 0 bridgehead atoms. The minimum absolute atomic E-state index is 0.0739. The third-order valence-corrected chi connectivity index (χ3v) is 4.75. The van der Waals surface area contributed by atoms with Crippen molar-refractivity contribution in [1.29, 1.82) is 0 Å². The summed E-state index contributed by atoms with van der Waals surface area (Å²) in [6.07, 6.45) is 0. The van der Waals surface area contributed by atoms with Gasteiger partial charge in [0.1, 0.15) is 5.69 Å². The molecule has 1 aromatic heterocycles. The van der Waals surface area contributed by atoms with E-state index in [4.69, 9.17) is 16.1 Å². The standard InChI is InChI=1S/C16H16ClN3O2/c17-13-3-1-2-10(4-13)14-5-15(22-19-14)16(21)20-8-11-6-18-7-12(11)9-20/h1-5,11-12,18H,6-9H2. The van der Waals surface area contributed by atoms with Crippen molar-refractivity contribution in [1.82, 2.24) is 15.4 Å². The zero-order chi connectivity index (χ0) is 15.1. The lowest BCUT2D eigenvalue weighted by molar-refractivity contribution is 0.0740. The first kappa shape index (κ1) is 13.8. The van der Waals surface area contributed by atoms with E-state index in [0.717, 1.165) is 31.7 Å². The molecule has 114 valence electrons. The number of carbonyl (C=O) groups excluding carboxylic acids is 1. The van der Waals surface area contributed by atoms with Crippen LogP contribution in [0, 0.1) is 11.8 Å². The predicted octanol–water partition coefficient (Wildman–Crippen LogP) is 2.29.